The molecular formula is C17H27FN4O3. The van der Waals surface area contributed by atoms with E-state index in [-0.39, 0.29) is 50.4 Å². The van der Waals surface area contributed by atoms with Crippen LogP contribution in [0, 0.1) is 11.3 Å². The summed E-state index contributed by atoms with van der Waals surface area (Å²) in [6.07, 6.45) is 0.793. The van der Waals surface area contributed by atoms with Crippen molar-refractivity contribution in [2.24, 2.45) is 0 Å². The molecule has 0 saturated carbocycles. The number of amides is 2. The van der Waals surface area contributed by atoms with Crippen LogP contribution in [0.5, 0.6) is 0 Å². The van der Waals surface area contributed by atoms with Gasteiger partial charge in [-0.25, -0.2) is 4.39 Å². The van der Waals surface area contributed by atoms with Crippen LogP contribution in [0.1, 0.15) is 39.5 Å². The van der Waals surface area contributed by atoms with Crippen molar-refractivity contribution >= 4 is 11.8 Å². The normalized spacial score (nSPS) is 26.8. The zero-order valence-electron chi connectivity index (χ0n) is 14.9. The van der Waals surface area contributed by atoms with E-state index in [0.717, 1.165) is 12.8 Å². The minimum absolute atomic E-state index is 0.0347. The first kappa shape index (κ1) is 19.6. The average molecular weight is 354 g/mol. The first-order valence-corrected chi connectivity index (χ1v) is 8.76. The molecule has 2 saturated heterocycles. The highest BCUT2D eigenvalue weighted by atomic mass is 19.1. The summed E-state index contributed by atoms with van der Waals surface area (Å²) in [5.41, 5.74) is -0.619. The van der Waals surface area contributed by atoms with E-state index in [9.17, 15) is 19.1 Å². The van der Waals surface area contributed by atoms with Crippen LogP contribution in [0.25, 0.3) is 0 Å². The maximum absolute atomic E-state index is 13.4. The van der Waals surface area contributed by atoms with Crippen molar-refractivity contribution in [3.8, 4) is 6.07 Å². The molecule has 2 N–H and O–H groups in total. The Balaban J connectivity index is 1.85. The standard InChI is InChI=1S/C17H27FN4O3/c1-17(2,7-15(24)21-5-3-4-13(21)11-23)20-9-16(25)22-10-12(18)6-14(22)8-19/h12-14,20,23H,3-7,9-11H2,1-2H3/t12-,13?,14-/m0/s1. The van der Waals surface area contributed by atoms with Gasteiger partial charge in [-0.2, -0.15) is 5.26 Å². The molecule has 0 bridgehead atoms. The number of alkyl halides is 1. The summed E-state index contributed by atoms with van der Waals surface area (Å²) < 4.78 is 13.4. The molecule has 1 unspecified atom stereocenters. The molecule has 0 aromatic heterocycles. The van der Waals surface area contributed by atoms with Crippen LogP contribution in [0.4, 0.5) is 4.39 Å². The van der Waals surface area contributed by atoms with Crippen molar-refractivity contribution in [3.05, 3.63) is 0 Å². The van der Waals surface area contributed by atoms with Gasteiger partial charge < -0.3 is 20.2 Å². The van der Waals surface area contributed by atoms with E-state index in [4.69, 9.17) is 5.26 Å². The predicted molar refractivity (Wildman–Crippen MR) is 89.1 cm³/mol. The highest BCUT2D eigenvalue weighted by Crippen LogP contribution is 2.22. The molecule has 2 heterocycles. The minimum Gasteiger partial charge on any atom is -0.394 e. The number of carbonyl (C=O) groups excluding carboxylic acids is 2. The van der Waals surface area contributed by atoms with Gasteiger partial charge >= 0.3 is 0 Å². The van der Waals surface area contributed by atoms with E-state index in [0.29, 0.717) is 6.54 Å². The molecule has 2 aliphatic heterocycles. The monoisotopic (exact) mass is 354 g/mol. The van der Waals surface area contributed by atoms with Crippen LogP contribution in [-0.2, 0) is 9.59 Å². The van der Waals surface area contributed by atoms with Crippen LogP contribution >= 0.6 is 0 Å². The molecule has 0 aromatic carbocycles. The lowest BCUT2D eigenvalue weighted by atomic mass is 9.99. The highest BCUT2D eigenvalue weighted by molar-refractivity contribution is 5.80. The largest absolute Gasteiger partial charge is 0.394 e. The Morgan fingerprint density at radius 3 is 2.72 bits per heavy atom. The number of halogens is 1. The molecule has 2 rings (SSSR count). The maximum atomic E-state index is 13.4. The maximum Gasteiger partial charge on any atom is 0.237 e. The Bertz CT molecular complexity index is 549. The van der Waals surface area contributed by atoms with E-state index in [1.165, 1.54) is 4.90 Å². The van der Waals surface area contributed by atoms with Crippen LogP contribution in [-0.4, -0.2) is 76.8 Å². The summed E-state index contributed by atoms with van der Waals surface area (Å²) in [7, 11) is 0. The number of hydrogen-bond donors (Lipinski definition) is 2. The minimum atomic E-state index is -1.16. The summed E-state index contributed by atoms with van der Waals surface area (Å²) >= 11 is 0. The van der Waals surface area contributed by atoms with Gasteiger partial charge in [0.1, 0.15) is 12.2 Å². The number of nitriles is 1. The highest BCUT2D eigenvalue weighted by Gasteiger charge is 2.36. The molecule has 140 valence electrons. The number of rotatable bonds is 6. The predicted octanol–water partition coefficient (Wildman–Crippen LogP) is 0.191. The number of likely N-dealkylation sites (tertiary alicyclic amines) is 2. The first-order chi connectivity index (χ1) is 11.8. The van der Waals surface area contributed by atoms with Crippen molar-refractivity contribution in [1.82, 2.24) is 15.1 Å². The molecular weight excluding hydrogens is 327 g/mol. The number of hydrogen-bond acceptors (Lipinski definition) is 5. The molecule has 0 spiro atoms. The third-order valence-electron chi connectivity index (χ3n) is 4.94. The van der Waals surface area contributed by atoms with E-state index in [1.54, 1.807) is 4.90 Å². The molecule has 2 fully saturated rings. The fourth-order valence-electron chi connectivity index (χ4n) is 3.50. The van der Waals surface area contributed by atoms with Crippen LogP contribution in [0.3, 0.4) is 0 Å². The molecule has 0 aliphatic carbocycles. The van der Waals surface area contributed by atoms with Crippen LogP contribution in [0.2, 0.25) is 0 Å². The van der Waals surface area contributed by atoms with Gasteiger partial charge in [-0.15, -0.1) is 0 Å². The summed E-state index contributed by atoms with van der Waals surface area (Å²) in [6.45, 7) is 4.16. The van der Waals surface area contributed by atoms with Gasteiger partial charge in [-0.3, -0.25) is 9.59 Å². The second-order valence-electron chi connectivity index (χ2n) is 7.50. The van der Waals surface area contributed by atoms with Gasteiger partial charge in [-0.1, -0.05) is 0 Å². The quantitative estimate of drug-likeness (QED) is 0.710. The number of nitrogens with zero attached hydrogens (tertiary/aromatic N) is 3. The van der Waals surface area contributed by atoms with Crippen molar-refractivity contribution in [1.29, 1.82) is 5.26 Å². The zero-order chi connectivity index (χ0) is 18.6. The lowest BCUT2D eigenvalue weighted by Gasteiger charge is -2.31. The average Bonchev–Trinajstić information content (AvgIpc) is 3.18. The molecule has 7 nitrogen and oxygen atoms in total. The first-order valence-electron chi connectivity index (χ1n) is 8.76. The smallest absolute Gasteiger partial charge is 0.237 e. The Morgan fingerprint density at radius 1 is 1.36 bits per heavy atom. The van der Waals surface area contributed by atoms with Crippen LogP contribution < -0.4 is 5.32 Å². The van der Waals surface area contributed by atoms with Gasteiger partial charge in [0.15, 0.2) is 0 Å². The summed E-state index contributed by atoms with van der Waals surface area (Å²) in [4.78, 5) is 27.7. The molecule has 3 atom stereocenters. The SMILES string of the molecule is CC(C)(CC(=O)N1CCCC1CO)NCC(=O)N1C[C@@H](F)C[C@H]1C#N. The van der Waals surface area contributed by atoms with E-state index in [2.05, 4.69) is 5.32 Å². The fraction of sp³-hybridized carbons (Fsp3) is 0.824. The lowest BCUT2D eigenvalue weighted by Crippen LogP contribution is -2.50. The molecule has 25 heavy (non-hydrogen) atoms. The fourth-order valence-corrected chi connectivity index (χ4v) is 3.50. The van der Waals surface area contributed by atoms with E-state index >= 15 is 0 Å². The molecule has 0 aromatic rings. The number of carbonyl (C=O) groups is 2. The zero-order valence-corrected chi connectivity index (χ0v) is 14.9. The van der Waals surface area contributed by atoms with E-state index in [1.807, 2.05) is 19.9 Å². The summed E-state index contributed by atoms with van der Waals surface area (Å²) in [6, 6.07) is 1.12. The van der Waals surface area contributed by atoms with Gasteiger partial charge in [0, 0.05) is 24.9 Å². The Kier molecular flexibility index (Phi) is 6.36. The van der Waals surface area contributed by atoms with Gasteiger partial charge in [0.25, 0.3) is 0 Å². The summed E-state index contributed by atoms with van der Waals surface area (Å²) in [5, 5.41) is 21.4. The van der Waals surface area contributed by atoms with Gasteiger partial charge in [0.05, 0.1) is 31.8 Å². The topological polar surface area (TPSA) is 96.7 Å². The molecule has 8 heteroatoms. The molecule has 0 radical (unpaired) electrons. The van der Waals surface area contributed by atoms with Crippen molar-refractivity contribution < 1.29 is 19.1 Å². The van der Waals surface area contributed by atoms with Crippen LogP contribution in [0.15, 0.2) is 0 Å². The van der Waals surface area contributed by atoms with Gasteiger partial charge in [-0.05, 0) is 26.7 Å². The number of aliphatic hydroxyl groups excluding tert-OH is 1. The lowest BCUT2D eigenvalue weighted by molar-refractivity contribution is -0.135. The third kappa shape index (κ3) is 4.89. The van der Waals surface area contributed by atoms with E-state index < -0.39 is 17.8 Å². The third-order valence-corrected chi connectivity index (χ3v) is 4.94. The Labute approximate surface area is 147 Å². The second-order valence-corrected chi connectivity index (χ2v) is 7.50. The summed E-state index contributed by atoms with van der Waals surface area (Å²) in [5.74, 6) is -0.386. The van der Waals surface area contributed by atoms with Gasteiger partial charge in [0.2, 0.25) is 11.8 Å². The number of nitrogens with one attached hydrogen (secondary N) is 1. The van der Waals surface area contributed by atoms with Crippen molar-refractivity contribution in [2.45, 2.75) is 63.3 Å². The van der Waals surface area contributed by atoms with Crippen molar-refractivity contribution in [2.75, 3.05) is 26.2 Å². The van der Waals surface area contributed by atoms with Crippen molar-refractivity contribution in [3.63, 3.8) is 0 Å². The number of aliphatic hydroxyl groups is 1. The molecule has 2 amide bonds. The Hall–Kier alpha value is -1.72. The molecule has 2 aliphatic rings. The Morgan fingerprint density at radius 2 is 2.08 bits per heavy atom. The second kappa shape index (κ2) is 8.11.